The van der Waals surface area contributed by atoms with Gasteiger partial charge >= 0.3 is 6.18 Å². The van der Waals surface area contributed by atoms with E-state index in [-0.39, 0.29) is 10.6 Å². The minimum atomic E-state index is -4.81. The Hall–Kier alpha value is -3.24. The lowest BCUT2D eigenvalue weighted by Crippen LogP contribution is -2.38. The van der Waals surface area contributed by atoms with Crippen molar-refractivity contribution in [1.82, 2.24) is 0 Å². The van der Waals surface area contributed by atoms with Crippen molar-refractivity contribution in [3.05, 3.63) is 83.4 Å². The van der Waals surface area contributed by atoms with Gasteiger partial charge in [-0.2, -0.15) is 13.2 Å². The Morgan fingerprint density at radius 1 is 0.946 bits per heavy atom. The molecule has 11 heteroatoms. The van der Waals surface area contributed by atoms with Gasteiger partial charge in [0.1, 0.15) is 6.54 Å². The summed E-state index contributed by atoms with van der Waals surface area (Å²) in [5.74, 6) is -0.714. The fraction of sp³-hybridized carbons (Fsp3) is 0.269. The van der Waals surface area contributed by atoms with Crippen LogP contribution >= 0.6 is 11.6 Å². The normalized spacial score (nSPS) is 14.3. The zero-order chi connectivity index (χ0) is 26.6. The largest absolute Gasteiger partial charge is 0.417 e. The molecule has 0 unspecified atom stereocenters. The lowest BCUT2D eigenvalue weighted by atomic mass is 10.1. The maximum Gasteiger partial charge on any atom is 0.417 e. The molecule has 4 rings (SSSR count). The van der Waals surface area contributed by atoms with Gasteiger partial charge in [0, 0.05) is 24.5 Å². The van der Waals surface area contributed by atoms with E-state index in [2.05, 4.69) is 10.2 Å². The molecule has 3 aromatic rings. The summed E-state index contributed by atoms with van der Waals surface area (Å²) in [4.78, 5) is 15.0. The minimum Gasteiger partial charge on any atom is -0.372 e. The summed E-state index contributed by atoms with van der Waals surface area (Å²) in [6.07, 6.45) is -1.38. The van der Waals surface area contributed by atoms with Gasteiger partial charge in [-0.15, -0.1) is 0 Å². The summed E-state index contributed by atoms with van der Waals surface area (Å²) in [7, 11) is -4.38. The molecule has 6 nitrogen and oxygen atoms in total. The predicted octanol–water partition coefficient (Wildman–Crippen LogP) is 6.18. The number of amides is 1. The first-order valence-electron chi connectivity index (χ1n) is 11.6. The van der Waals surface area contributed by atoms with Crippen LogP contribution in [0.1, 0.15) is 24.8 Å². The number of hydrogen-bond acceptors (Lipinski definition) is 4. The van der Waals surface area contributed by atoms with Crippen LogP contribution < -0.4 is 14.5 Å². The molecular formula is C26H25ClF3N3O3S. The number of rotatable bonds is 7. The molecule has 0 aliphatic carbocycles. The molecule has 196 valence electrons. The van der Waals surface area contributed by atoms with Gasteiger partial charge < -0.3 is 10.2 Å². The number of nitrogens with one attached hydrogen (secondary N) is 1. The summed E-state index contributed by atoms with van der Waals surface area (Å²) in [5, 5.41) is 2.06. The Morgan fingerprint density at radius 2 is 1.59 bits per heavy atom. The first kappa shape index (κ1) is 26.8. The van der Waals surface area contributed by atoms with Gasteiger partial charge in [0.05, 0.1) is 21.2 Å². The van der Waals surface area contributed by atoms with Crippen LogP contribution in [-0.4, -0.2) is 34.0 Å². The lowest BCUT2D eigenvalue weighted by molar-refractivity contribution is -0.137. The smallest absolute Gasteiger partial charge is 0.372 e. The number of benzene rings is 3. The van der Waals surface area contributed by atoms with Crippen LogP contribution in [0.3, 0.4) is 0 Å². The van der Waals surface area contributed by atoms with Crippen LogP contribution in [0.5, 0.6) is 0 Å². The molecule has 3 aromatic carbocycles. The van der Waals surface area contributed by atoms with E-state index in [9.17, 15) is 26.4 Å². The van der Waals surface area contributed by atoms with E-state index in [1.807, 2.05) is 12.1 Å². The number of sulfonamides is 1. The molecule has 1 fully saturated rings. The van der Waals surface area contributed by atoms with E-state index in [1.165, 1.54) is 30.7 Å². The van der Waals surface area contributed by atoms with Crippen molar-refractivity contribution in [2.75, 3.05) is 34.2 Å². The van der Waals surface area contributed by atoms with Gasteiger partial charge in [0.15, 0.2) is 0 Å². The summed E-state index contributed by atoms with van der Waals surface area (Å²) >= 11 is 5.73. The van der Waals surface area contributed by atoms with Crippen LogP contribution in [0.2, 0.25) is 5.02 Å². The average molecular weight is 552 g/mol. The number of piperidine rings is 1. The van der Waals surface area contributed by atoms with Crippen molar-refractivity contribution in [1.29, 1.82) is 0 Å². The van der Waals surface area contributed by atoms with E-state index in [4.69, 9.17) is 11.6 Å². The van der Waals surface area contributed by atoms with Crippen LogP contribution in [0.4, 0.5) is 30.2 Å². The molecule has 1 heterocycles. The van der Waals surface area contributed by atoms with Gasteiger partial charge in [-0.1, -0.05) is 29.8 Å². The Labute approximate surface area is 218 Å². The highest BCUT2D eigenvalue weighted by Crippen LogP contribution is 2.38. The molecule has 0 spiro atoms. The molecule has 37 heavy (non-hydrogen) atoms. The topological polar surface area (TPSA) is 69.7 Å². The molecule has 1 N–H and O–H groups in total. The van der Waals surface area contributed by atoms with Gasteiger partial charge in [-0.3, -0.25) is 9.10 Å². The number of anilines is 3. The van der Waals surface area contributed by atoms with Crippen molar-refractivity contribution < 1.29 is 26.4 Å². The first-order chi connectivity index (χ1) is 17.6. The third-order valence-electron chi connectivity index (χ3n) is 6.03. The van der Waals surface area contributed by atoms with Crippen LogP contribution in [0, 0.1) is 0 Å². The molecule has 0 bridgehead atoms. The number of halogens is 4. The fourth-order valence-electron chi connectivity index (χ4n) is 4.16. The number of alkyl halides is 3. The molecule has 0 aromatic heterocycles. The van der Waals surface area contributed by atoms with E-state index in [0.717, 1.165) is 43.8 Å². The quantitative estimate of drug-likeness (QED) is 0.380. The van der Waals surface area contributed by atoms with E-state index < -0.39 is 39.2 Å². The van der Waals surface area contributed by atoms with Gasteiger partial charge in [0.25, 0.3) is 10.0 Å². The van der Waals surface area contributed by atoms with E-state index in [1.54, 1.807) is 18.2 Å². The standard InChI is InChI=1S/C26H25ClF3N3O3S/c27-24-14-13-21(17-23(24)26(28,29)30)33(37(35,36)22-7-3-1-4-8-22)18-25(34)31-19-9-11-20(12-10-19)32-15-5-2-6-16-32/h1,3-4,7-14,17H,2,5-6,15-16,18H2,(H,31,34). The van der Waals surface area contributed by atoms with Crippen LogP contribution in [-0.2, 0) is 21.0 Å². The maximum atomic E-state index is 13.5. The minimum absolute atomic E-state index is 0.169. The zero-order valence-corrected chi connectivity index (χ0v) is 21.3. The highest BCUT2D eigenvalue weighted by Gasteiger charge is 2.35. The highest BCUT2D eigenvalue weighted by molar-refractivity contribution is 7.92. The third kappa shape index (κ3) is 6.37. The molecule has 0 saturated carbocycles. The third-order valence-corrected chi connectivity index (χ3v) is 8.15. The van der Waals surface area contributed by atoms with Gasteiger partial charge in [-0.25, -0.2) is 8.42 Å². The molecule has 0 atom stereocenters. The molecule has 1 saturated heterocycles. The highest BCUT2D eigenvalue weighted by atomic mass is 35.5. The maximum absolute atomic E-state index is 13.5. The second-order valence-corrected chi connectivity index (χ2v) is 10.9. The van der Waals surface area contributed by atoms with Crippen molar-refractivity contribution in [3.8, 4) is 0 Å². The molecule has 1 aliphatic heterocycles. The predicted molar refractivity (Wildman–Crippen MR) is 139 cm³/mol. The molecule has 0 radical (unpaired) electrons. The summed E-state index contributed by atoms with van der Waals surface area (Å²) in [6.45, 7) is 1.17. The summed E-state index contributed by atoms with van der Waals surface area (Å²) < 4.78 is 68.0. The Morgan fingerprint density at radius 3 is 2.22 bits per heavy atom. The number of carbonyl (C=O) groups excluding carboxylic acids is 1. The van der Waals surface area contributed by atoms with E-state index in [0.29, 0.717) is 16.1 Å². The molecule has 1 amide bonds. The number of hydrogen-bond donors (Lipinski definition) is 1. The average Bonchev–Trinajstić information content (AvgIpc) is 2.88. The Kier molecular flexibility index (Phi) is 7.99. The number of carbonyl (C=O) groups is 1. The zero-order valence-electron chi connectivity index (χ0n) is 19.7. The fourth-order valence-corrected chi connectivity index (χ4v) is 5.82. The SMILES string of the molecule is O=C(CN(c1ccc(Cl)c(C(F)(F)F)c1)S(=O)(=O)c1ccccc1)Nc1ccc(N2CCCCC2)cc1. The van der Waals surface area contributed by atoms with Crippen molar-refractivity contribution in [2.24, 2.45) is 0 Å². The van der Waals surface area contributed by atoms with E-state index >= 15 is 0 Å². The van der Waals surface area contributed by atoms with Gasteiger partial charge in [-0.05, 0) is 73.9 Å². The van der Waals surface area contributed by atoms with Crippen LogP contribution in [0.25, 0.3) is 0 Å². The second-order valence-electron chi connectivity index (χ2n) is 8.63. The van der Waals surface area contributed by atoms with Crippen molar-refractivity contribution in [2.45, 2.75) is 30.3 Å². The molecular weight excluding hydrogens is 527 g/mol. The second kappa shape index (κ2) is 11.0. The number of nitrogens with zero attached hydrogens (tertiary/aromatic N) is 2. The van der Waals surface area contributed by atoms with Crippen molar-refractivity contribution in [3.63, 3.8) is 0 Å². The van der Waals surface area contributed by atoms with Crippen molar-refractivity contribution >= 4 is 44.6 Å². The summed E-state index contributed by atoms with van der Waals surface area (Å²) in [6, 6.07) is 17.1. The first-order valence-corrected chi connectivity index (χ1v) is 13.5. The lowest BCUT2D eigenvalue weighted by Gasteiger charge is -2.29. The Balaban J connectivity index is 1.60. The Bertz CT molecular complexity index is 1340. The monoisotopic (exact) mass is 551 g/mol. The summed E-state index contributed by atoms with van der Waals surface area (Å²) in [5.41, 5.74) is -0.0773. The van der Waals surface area contributed by atoms with Crippen LogP contribution in [0.15, 0.2) is 77.7 Å². The van der Waals surface area contributed by atoms with Gasteiger partial charge in [0.2, 0.25) is 5.91 Å². The molecule has 1 aliphatic rings.